The molecule has 2 fully saturated rings. The van der Waals surface area contributed by atoms with Crippen molar-refractivity contribution in [2.24, 2.45) is 27.2 Å². The van der Waals surface area contributed by atoms with Crippen LogP contribution in [0, 0.1) is 0 Å². The number of guanidine groups is 1. The van der Waals surface area contributed by atoms with Crippen LogP contribution in [0.3, 0.4) is 0 Å². The minimum atomic E-state index is -0.0146. The molecular formula is C35H57N9O2. The Balaban J connectivity index is 0.000000314. The fraction of sp³-hybridized carbons (Fsp3) is 0.543. The van der Waals surface area contributed by atoms with Gasteiger partial charge in [0.2, 0.25) is 0 Å². The second-order valence-corrected chi connectivity index (χ2v) is 13.7. The summed E-state index contributed by atoms with van der Waals surface area (Å²) in [6.45, 7) is 20.4. The minimum Gasteiger partial charge on any atom is -0.387 e. The number of hydrogen-bond acceptors (Lipinski definition) is 6. The maximum Gasteiger partial charge on any atom is 0.253 e. The van der Waals surface area contributed by atoms with Gasteiger partial charge in [-0.3, -0.25) is 19.4 Å². The molecule has 2 aromatic carbocycles. The van der Waals surface area contributed by atoms with Crippen molar-refractivity contribution in [3.63, 3.8) is 0 Å². The number of nitrogens with two attached hydrogens (primary N) is 3. The second kappa shape index (κ2) is 16.6. The lowest BCUT2D eigenvalue weighted by molar-refractivity contribution is 0.0451. The summed E-state index contributed by atoms with van der Waals surface area (Å²) in [5.74, 6) is 0.564. The minimum absolute atomic E-state index is 0. The Bertz CT molecular complexity index is 1320. The Kier molecular flexibility index (Phi) is 13.8. The van der Waals surface area contributed by atoms with Crippen molar-refractivity contribution in [3.05, 3.63) is 59.7 Å². The van der Waals surface area contributed by atoms with E-state index in [0.717, 1.165) is 57.8 Å². The van der Waals surface area contributed by atoms with Gasteiger partial charge in [-0.15, -0.1) is 0 Å². The summed E-state index contributed by atoms with van der Waals surface area (Å²) in [7, 11) is 0. The van der Waals surface area contributed by atoms with E-state index in [0.29, 0.717) is 22.6 Å². The predicted octanol–water partition coefficient (Wildman–Crippen LogP) is 4.47. The Morgan fingerprint density at radius 1 is 0.696 bits per heavy atom. The number of amidine groups is 1. The molecule has 46 heavy (non-hydrogen) atoms. The van der Waals surface area contributed by atoms with Gasteiger partial charge >= 0.3 is 0 Å². The Labute approximate surface area is 276 Å². The number of rotatable bonds is 5. The number of hydrogen-bond donors (Lipinski definition) is 4. The number of nitrogens with one attached hydrogen (secondary N) is 1. The number of carbonyl (C=O) groups excluding carboxylic acids is 2. The number of aliphatic imine (C=N–C) groups is 2. The van der Waals surface area contributed by atoms with Crippen LogP contribution in [0.25, 0.3) is 0 Å². The molecule has 2 heterocycles. The highest BCUT2D eigenvalue weighted by Crippen LogP contribution is 2.21. The van der Waals surface area contributed by atoms with Crippen molar-refractivity contribution in [3.8, 4) is 0 Å². The van der Waals surface area contributed by atoms with Crippen LogP contribution in [0.4, 0.5) is 11.4 Å². The number of nitrogens with zero attached hydrogens (tertiary/aromatic N) is 5. The van der Waals surface area contributed by atoms with Crippen LogP contribution in [-0.2, 0) is 0 Å². The summed E-state index contributed by atoms with van der Waals surface area (Å²) in [5, 5.41) is 3.14. The van der Waals surface area contributed by atoms with Gasteiger partial charge in [0, 0.05) is 67.5 Å². The van der Waals surface area contributed by atoms with E-state index in [1.807, 2.05) is 17.0 Å². The van der Waals surface area contributed by atoms with E-state index in [1.165, 1.54) is 0 Å². The fourth-order valence-electron chi connectivity index (χ4n) is 5.44. The average Bonchev–Trinajstić information content (AvgIpc) is 2.97. The van der Waals surface area contributed by atoms with Gasteiger partial charge in [-0.25, -0.2) is 9.98 Å². The first-order valence-corrected chi connectivity index (χ1v) is 15.7. The molecule has 0 spiro atoms. The molecule has 2 aromatic rings. The van der Waals surface area contributed by atoms with Crippen LogP contribution in [0.15, 0.2) is 58.5 Å². The number of benzene rings is 2. The molecule has 2 saturated heterocycles. The van der Waals surface area contributed by atoms with Gasteiger partial charge in [0.1, 0.15) is 0 Å². The van der Waals surface area contributed by atoms with E-state index in [1.54, 1.807) is 43.3 Å². The molecule has 0 aromatic heterocycles. The van der Waals surface area contributed by atoms with E-state index in [-0.39, 0.29) is 42.3 Å². The molecule has 7 N–H and O–H groups in total. The highest BCUT2D eigenvalue weighted by molar-refractivity contribution is 5.95. The smallest absolute Gasteiger partial charge is 0.253 e. The van der Waals surface area contributed by atoms with Gasteiger partial charge in [-0.1, -0.05) is 7.43 Å². The van der Waals surface area contributed by atoms with Crippen molar-refractivity contribution < 1.29 is 9.59 Å². The molecule has 0 bridgehead atoms. The largest absolute Gasteiger partial charge is 0.387 e. The Morgan fingerprint density at radius 3 is 1.57 bits per heavy atom. The van der Waals surface area contributed by atoms with Crippen molar-refractivity contribution in [2.45, 2.75) is 85.9 Å². The van der Waals surface area contributed by atoms with Gasteiger partial charge in [0.25, 0.3) is 11.8 Å². The summed E-state index contributed by atoms with van der Waals surface area (Å²) in [6.07, 6.45) is 2.00. The zero-order valence-electron chi connectivity index (χ0n) is 28.1. The van der Waals surface area contributed by atoms with Crippen molar-refractivity contribution in [1.29, 1.82) is 0 Å². The first-order valence-electron chi connectivity index (χ1n) is 15.7. The van der Waals surface area contributed by atoms with Crippen molar-refractivity contribution in [2.75, 3.05) is 39.3 Å². The third-order valence-corrected chi connectivity index (χ3v) is 8.10. The molecule has 2 aliphatic heterocycles. The number of amides is 2. The number of piperazine rings is 1. The molecule has 254 valence electrons. The standard InChI is InChI=1S/C18H28N4O.C16H25N5O.CH4/c1-13(19)20-15-7-5-14(6-8-15)17(23)21-16-9-11-22(12-10-16)18(2,3)4;1-16(2,3)21-10-8-20(9-11-21)14(22)12-4-6-13(7-5-12)19-15(17)18;/h5-8,16H,9-12H2,1-4H3,(H2,19,20)(H,21,23);4-7H,8-11H2,1-3H3,(H4,17,18,19);1H4. The summed E-state index contributed by atoms with van der Waals surface area (Å²) in [5.41, 5.74) is 19.3. The summed E-state index contributed by atoms with van der Waals surface area (Å²) < 4.78 is 0. The Hall–Kier alpha value is -3.96. The maximum absolute atomic E-state index is 12.5. The van der Waals surface area contributed by atoms with E-state index in [4.69, 9.17) is 17.2 Å². The number of piperidine rings is 1. The molecule has 0 saturated carbocycles. The molecule has 0 atom stereocenters. The topological polar surface area (TPSA) is 159 Å². The molecule has 0 aliphatic carbocycles. The zero-order chi connectivity index (χ0) is 33.4. The lowest BCUT2D eigenvalue weighted by atomic mass is 9.98. The molecule has 11 heteroatoms. The average molecular weight is 636 g/mol. The van der Waals surface area contributed by atoms with Crippen LogP contribution in [0.5, 0.6) is 0 Å². The highest BCUT2D eigenvalue weighted by atomic mass is 16.2. The summed E-state index contributed by atoms with van der Waals surface area (Å²) in [6, 6.07) is 14.5. The van der Waals surface area contributed by atoms with E-state index in [9.17, 15) is 9.59 Å². The van der Waals surface area contributed by atoms with E-state index >= 15 is 0 Å². The maximum atomic E-state index is 12.5. The zero-order valence-corrected chi connectivity index (χ0v) is 28.1. The fourth-order valence-corrected chi connectivity index (χ4v) is 5.44. The van der Waals surface area contributed by atoms with Crippen LogP contribution in [-0.4, -0.2) is 94.7 Å². The molecule has 11 nitrogen and oxygen atoms in total. The first kappa shape index (κ1) is 38.2. The third kappa shape index (κ3) is 11.8. The van der Waals surface area contributed by atoms with Crippen LogP contribution in [0.1, 0.15) is 89.5 Å². The third-order valence-electron chi connectivity index (χ3n) is 8.10. The van der Waals surface area contributed by atoms with Crippen LogP contribution in [0.2, 0.25) is 0 Å². The van der Waals surface area contributed by atoms with Crippen molar-refractivity contribution >= 4 is 35.0 Å². The molecule has 0 unspecified atom stereocenters. The van der Waals surface area contributed by atoms with E-state index in [2.05, 4.69) is 66.6 Å². The highest BCUT2D eigenvalue weighted by Gasteiger charge is 2.29. The summed E-state index contributed by atoms with van der Waals surface area (Å²) >= 11 is 0. The Morgan fingerprint density at radius 2 is 1.13 bits per heavy atom. The number of carbonyl (C=O) groups is 2. The van der Waals surface area contributed by atoms with Gasteiger partial charge in [0.15, 0.2) is 5.96 Å². The van der Waals surface area contributed by atoms with Crippen molar-refractivity contribution in [1.82, 2.24) is 20.0 Å². The molecule has 4 rings (SSSR count). The lowest BCUT2D eigenvalue weighted by Crippen LogP contribution is -2.54. The van der Waals surface area contributed by atoms with Gasteiger partial charge < -0.3 is 27.4 Å². The second-order valence-electron chi connectivity index (χ2n) is 13.7. The number of likely N-dealkylation sites (tertiary alicyclic amines) is 1. The van der Waals surface area contributed by atoms with E-state index < -0.39 is 0 Å². The molecule has 2 amide bonds. The molecule has 0 radical (unpaired) electrons. The van der Waals surface area contributed by atoms with Crippen LogP contribution >= 0.6 is 0 Å². The van der Waals surface area contributed by atoms with Crippen LogP contribution < -0.4 is 22.5 Å². The summed E-state index contributed by atoms with van der Waals surface area (Å²) in [4.78, 5) is 39.7. The van der Waals surface area contributed by atoms with Gasteiger partial charge in [-0.2, -0.15) is 0 Å². The van der Waals surface area contributed by atoms with Gasteiger partial charge in [0.05, 0.1) is 17.2 Å². The molecule has 2 aliphatic rings. The lowest BCUT2D eigenvalue weighted by Gasteiger charge is -2.42. The SMILES string of the molecule is C.CC(C)(C)N1CCN(C(=O)c2ccc(N=C(N)N)cc2)CC1.CC(N)=Nc1ccc(C(=O)NC2CCN(C(C)(C)C)CC2)cc1. The van der Waals surface area contributed by atoms with Gasteiger partial charge in [-0.05, 0) is 110 Å². The first-order chi connectivity index (χ1) is 21.0. The monoisotopic (exact) mass is 635 g/mol. The molecular weight excluding hydrogens is 578 g/mol. The quantitative estimate of drug-likeness (QED) is 0.279. The normalized spacial score (nSPS) is 16.8. The predicted molar refractivity (Wildman–Crippen MR) is 191 cm³/mol.